The van der Waals surface area contributed by atoms with Crippen LogP contribution in [0.3, 0.4) is 0 Å². The molecular formula is C19H25N3O2S. The third kappa shape index (κ3) is 4.63. The summed E-state index contributed by atoms with van der Waals surface area (Å²) in [5, 5.41) is 11.7. The van der Waals surface area contributed by atoms with Crippen molar-refractivity contribution in [2.45, 2.75) is 57.7 Å². The summed E-state index contributed by atoms with van der Waals surface area (Å²) in [5.41, 5.74) is 3.32. The van der Waals surface area contributed by atoms with Gasteiger partial charge in [0.2, 0.25) is 11.8 Å². The van der Waals surface area contributed by atoms with E-state index < -0.39 is 0 Å². The van der Waals surface area contributed by atoms with E-state index in [0.717, 1.165) is 12.0 Å². The summed E-state index contributed by atoms with van der Waals surface area (Å²) >= 11 is 1.29. The second kappa shape index (κ2) is 8.04. The van der Waals surface area contributed by atoms with Gasteiger partial charge in [-0.3, -0.25) is 4.79 Å². The molecule has 6 heteroatoms. The van der Waals surface area contributed by atoms with Gasteiger partial charge in [0.1, 0.15) is 0 Å². The number of nitrogens with one attached hydrogen (secondary N) is 1. The van der Waals surface area contributed by atoms with Gasteiger partial charge in [-0.25, -0.2) is 0 Å². The molecule has 5 nitrogen and oxygen atoms in total. The van der Waals surface area contributed by atoms with Gasteiger partial charge in [-0.15, -0.1) is 10.2 Å². The van der Waals surface area contributed by atoms with Gasteiger partial charge in [0.05, 0.1) is 5.75 Å². The standard InChI is InChI=1S/C19H25N3O2S/c1-12-8-9-15(10-14(12)3)18-21-22-19(24-18)25-11-17(23)20-16-7-5-4-6-13(16)2/h8-10,13,16H,4-7,11H2,1-3H3,(H,20,23)/t13-,16-/m0/s1. The predicted molar refractivity (Wildman–Crippen MR) is 99.5 cm³/mol. The number of hydrogen-bond acceptors (Lipinski definition) is 5. The molecule has 1 amide bonds. The fourth-order valence-electron chi connectivity index (χ4n) is 3.17. The lowest BCUT2D eigenvalue weighted by molar-refractivity contribution is -0.119. The molecule has 1 aromatic carbocycles. The molecule has 0 radical (unpaired) electrons. The Hall–Kier alpha value is -1.82. The number of thioether (sulfide) groups is 1. The van der Waals surface area contributed by atoms with Crippen molar-refractivity contribution in [3.63, 3.8) is 0 Å². The van der Waals surface area contributed by atoms with E-state index in [4.69, 9.17) is 4.42 Å². The van der Waals surface area contributed by atoms with E-state index in [1.54, 1.807) is 0 Å². The molecule has 3 rings (SSSR count). The zero-order chi connectivity index (χ0) is 17.8. The van der Waals surface area contributed by atoms with Gasteiger partial charge in [0, 0.05) is 11.6 Å². The molecule has 1 aromatic heterocycles. The molecule has 0 unspecified atom stereocenters. The predicted octanol–water partition coefficient (Wildman–Crippen LogP) is 4.14. The molecule has 25 heavy (non-hydrogen) atoms. The number of aryl methyl sites for hydroxylation is 2. The highest BCUT2D eigenvalue weighted by Crippen LogP contribution is 2.26. The van der Waals surface area contributed by atoms with E-state index in [1.165, 1.54) is 42.2 Å². The van der Waals surface area contributed by atoms with Crippen molar-refractivity contribution in [1.82, 2.24) is 15.5 Å². The van der Waals surface area contributed by atoms with Gasteiger partial charge < -0.3 is 9.73 Å². The fraction of sp³-hybridized carbons (Fsp3) is 0.526. The first-order valence-corrected chi connectivity index (χ1v) is 9.85. The zero-order valence-electron chi connectivity index (χ0n) is 15.0. The summed E-state index contributed by atoms with van der Waals surface area (Å²) in [4.78, 5) is 12.2. The molecule has 0 spiro atoms. The number of aromatic nitrogens is 2. The highest BCUT2D eigenvalue weighted by atomic mass is 32.2. The molecule has 2 atom stereocenters. The van der Waals surface area contributed by atoms with Crippen LogP contribution in [0.2, 0.25) is 0 Å². The summed E-state index contributed by atoms with van der Waals surface area (Å²) in [5.74, 6) is 1.39. The van der Waals surface area contributed by atoms with Gasteiger partial charge in [-0.2, -0.15) is 0 Å². The van der Waals surface area contributed by atoms with E-state index >= 15 is 0 Å². The molecule has 1 N–H and O–H groups in total. The van der Waals surface area contributed by atoms with Crippen LogP contribution >= 0.6 is 11.8 Å². The summed E-state index contributed by atoms with van der Waals surface area (Å²) in [6, 6.07) is 6.35. The molecule has 1 aliphatic rings. The van der Waals surface area contributed by atoms with Crippen molar-refractivity contribution in [2.75, 3.05) is 5.75 Å². The maximum absolute atomic E-state index is 12.2. The van der Waals surface area contributed by atoms with E-state index in [9.17, 15) is 4.79 Å². The summed E-state index contributed by atoms with van der Waals surface area (Å²) in [6.45, 7) is 6.34. The number of nitrogens with zero attached hydrogens (tertiary/aromatic N) is 2. The van der Waals surface area contributed by atoms with Crippen LogP contribution in [0.25, 0.3) is 11.5 Å². The van der Waals surface area contributed by atoms with Crippen molar-refractivity contribution in [2.24, 2.45) is 5.92 Å². The van der Waals surface area contributed by atoms with Gasteiger partial charge in [0.25, 0.3) is 5.22 Å². The Kier molecular flexibility index (Phi) is 5.78. The Morgan fingerprint density at radius 2 is 2.04 bits per heavy atom. The third-order valence-electron chi connectivity index (χ3n) is 4.94. The first kappa shape index (κ1) is 18.0. The SMILES string of the molecule is Cc1ccc(-c2nnc(SCC(=O)N[C@H]3CCCC[C@@H]3C)o2)cc1C. The zero-order valence-corrected chi connectivity index (χ0v) is 15.9. The lowest BCUT2D eigenvalue weighted by atomic mass is 9.86. The first-order valence-electron chi connectivity index (χ1n) is 8.86. The smallest absolute Gasteiger partial charge is 0.277 e. The molecule has 0 bridgehead atoms. The maximum Gasteiger partial charge on any atom is 0.277 e. The third-order valence-corrected chi connectivity index (χ3v) is 5.76. The number of amides is 1. The molecule has 2 aromatic rings. The lowest BCUT2D eigenvalue weighted by Gasteiger charge is -2.29. The Bertz CT molecular complexity index is 744. The summed E-state index contributed by atoms with van der Waals surface area (Å²) in [7, 11) is 0. The van der Waals surface area contributed by atoms with Crippen molar-refractivity contribution >= 4 is 17.7 Å². The van der Waals surface area contributed by atoms with Crippen molar-refractivity contribution in [3.05, 3.63) is 29.3 Å². The quantitative estimate of drug-likeness (QED) is 0.813. The number of carbonyl (C=O) groups excluding carboxylic acids is 1. The van der Waals surface area contributed by atoms with E-state index in [1.807, 2.05) is 18.2 Å². The van der Waals surface area contributed by atoms with Crippen molar-refractivity contribution < 1.29 is 9.21 Å². The number of rotatable bonds is 5. The molecule has 1 fully saturated rings. The number of carbonyl (C=O) groups is 1. The van der Waals surface area contributed by atoms with E-state index in [0.29, 0.717) is 28.8 Å². The van der Waals surface area contributed by atoms with E-state index in [2.05, 4.69) is 36.3 Å². The van der Waals surface area contributed by atoms with Gasteiger partial charge in [-0.1, -0.05) is 37.6 Å². The molecule has 134 valence electrons. The van der Waals surface area contributed by atoms with Crippen molar-refractivity contribution in [1.29, 1.82) is 0 Å². The molecule has 1 heterocycles. The largest absolute Gasteiger partial charge is 0.411 e. The summed E-state index contributed by atoms with van der Waals surface area (Å²) in [6.07, 6.45) is 4.74. The van der Waals surface area contributed by atoms with Crippen LogP contribution in [0.1, 0.15) is 43.7 Å². The van der Waals surface area contributed by atoms with Crippen LogP contribution in [0.15, 0.2) is 27.8 Å². The first-order chi connectivity index (χ1) is 12.0. The normalized spacial score (nSPS) is 20.4. The van der Waals surface area contributed by atoms with Crippen LogP contribution in [0, 0.1) is 19.8 Å². The minimum atomic E-state index is 0.0367. The van der Waals surface area contributed by atoms with Crippen LogP contribution < -0.4 is 5.32 Å². The molecule has 0 saturated heterocycles. The monoisotopic (exact) mass is 359 g/mol. The molecule has 1 aliphatic carbocycles. The van der Waals surface area contributed by atoms with E-state index in [-0.39, 0.29) is 5.91 Å². The van der Waals surface area contributed by atoms with Crippen LogP contribution in [0.4, 0.5) is 0 Å². The van der Waals surface area contributed by atoms with Gasteiger partial charge in [0.15, 0.2) is 0 Å². The van der Waals surface area contributed by atoms with Crippen molar-refractivity contribution in [3.8, 4) is 11.5 Å². The second-order valence-electron chi connectivity index (χ2n) is 6.90. The number of benzene rings is 1. The van der Waals surface area contributed by atoms with Gasteiger partial charge >= 0.3 is 0 Å². The Balaban J connectivity index is 1.54. The minimum Gasteiger partial charge on any atom is -0.411 e. The second-order valence-corrected chi connectivity index (χ2v) is 7.82. The lowest BCUT2D eigenvalue weighted by Crippen LogP contribution is -2.41. The minimum absolute atomic E-state index is 0.0367. The van der Waals surface area contributed by atoms with Crippen LogP contribution in [0.5, 0.6) is 0 Å². The van der Waals surface area contributed by atoms with Crippen LogP contribution in [-0.4, -0.2) is 27.9 Å². The maximum atomic E-state index is 12.2. The number of hydrogen-bond donors (Lipinski definition) is 1. The summed E-state index contributed by atoms with van der Waals surface area (Å²) < 4.78 is 5.69. The Morgan fingerprint density at radius 3 is 2.80 bits per heavy atom. The Morgan fingerprint density at radius 1 is 1.24 bits per heavy atom. The average Bonchev–Trinajstić information content (AvgIpc) is 3.07. The highest BCUT2D eigenvalue weighted by molar-refractivity contribution is 7.99. The molecular weight excluding hydrogens is 334 g/mol. The van der Waals surface area contributed by atoms with Gasteiger partial charge in [-0.05, 0) is 55.9 Å². The van der Waals surface area contributed by atoms with Crippen LogP contribution in [-0.2, 0) is 4.79 Å². The molecule has 1 saturated carbocycles. The fourth-order valence-corrected chi connectivity index (χ4v) is 3.74. The average molecular weight is 359 g/mol. The Labute approximate surface area is 153 Å². The highest BCUT2D eigenvalue weighted by Gasteiger charge is 2.23. The topological polar surface area (TPSA) is 68.0 Å². The molecule has 0 aliphatic heterocycles.